The van der Waals surface area contributed by atoms with E-state index in [4.69, 9.17) is 6.15 Å². The fourth-order valence-corrected chi connectivity index (χ4v) is 7.93. The third kappa shape index (κ3) is 5.91. The molecule has 0 amide bonds. The van der Waals surface area contributed by atoms with E-state index in [-0.39, 0.29) is 0 Å². The van der Waals surface area contributed by atoms with Crippen LogP contribution in [-0.2, 0) is 25.7 Å². The van der Waals surface area contributed by atoms with Gasteiger partial charge in [0.1, 0.15) is 0 Å². The Kier molecular flexibility index (Phi) is 8.53. The van der Waals surface area contributed by atoms with Crippen LogP contribution in [0.15, 0.2) is 36.4 Å². The molecule has 3 heteroatoms. The van der Waals surface area contributed by atoms with Gasteiger partial charge in [0.15, 0.2) is 0 Å². The first-order valence-corrected chi connectivity index (χ1v) is 18.6. The molecule has 0 spiro atoms. The van der Waals surface area contributed by atoms with Crippen LogP contribution in [0.3, 0.4) is 0 Å². The van der Waals surface area contributed by atoms with Crippen molar-refractivity contribution in [3.63, 3.8) is 0 Å². The van der Waals surface area contributed by atoms with Gasteiger partial charge in [-0.2, -0.15) is 0 Å². The Labute approximate surface area is 171 Å². The molecule has 0 saturated carbocycles. The summed E-state index contributed by atoms with van der Waals surface area (Å²) < 4.78 is 13.3. The fraction of sp³-hybridized carbons (Fsp3) is 0.500. The molecule has 0 heterocycles. The maximum atomic E-state index is 6.63. The molecule has 2 rings (SSSR count). The van der Waals surface area contributed by atoms with Crippen LogP contribution in [0.5, 0.6) is 11.5 Å². The van der Waals surface area contributed by atoms with E-state index < -0.39 is 19.2 Å². The van der Waals surface area contributed by atoms with Crippen molar-refractivity contribution in [2.24, 2.45) is 0 Å². The molecule has 27 heavy (non-hydrogen) atoms. The summed E-state index contributed by atoms with van der Waals surface area (Å²) in [6.45, 7) is 8.90. The number of hydrogen-bond acceptors (Lipinski definition) is 2. The van der Waals surface area contributed by atoms with E-state index in [0.717, 1.165) is 50.0 Å². The second kappa shape index (κ2) is 10.4. The second-order valence-corrected chi connectivity index (χ2v) is 16.8. The SMILES string of the molecule is CCCc1c(CC)cccc1[O][Sn]([CH3])([CH3])[O]c1cccc(CC)c1CCC. The Balaban J connectivity index is 2.31. The zero-order valence-corrected chi connectivity index (χ0v) is 20.9. The van der Waals surface area contributed by atoms with Gasteiger partial charge in [-0.25, -0.2) is 0 Å². The number of aryl methyl sites for hydroxylation is 2. The average Bonchev–Trinajstić information content (AvgIpc) is 2.64. The Bertz CT molecular complexity index is 676. The predicted octanol–water partition coefficient (Wildman–Crippen LogP) is 6.88. The zero-order chi connectivity index (χ0) is 19.9. The van der Waals surface area contributed by atoms with Crippen LogP contribution in [0, 0.1) is 0 Å². The summed E-state index contributed by atoms with van der Waals surface area (Å²) in [4.78, 5) is 4.44. The predicted molar refractivity (Wildman–Crippen MR) is 118 cm³/mol. The number of benzene rings is 2. The van der Waals surface area contributed by atoms with Gasteiger partial charge in [-0.3, -0.25) is 0 Å². The summed E-state index contributed by atoms with van der Waals surface area (Å²) >= 11 is -3.22. The summed E-state index contributed by atoms with van der Waals surface area (Å²) in [5, 5.41) is 0. The van der Waals surface area contributed by atoms with Crippen molar-refractivity contribution in [1.29, 1.82) is 0 Å². The van der Waals surface area contributed by atoms with Crippen LogP contribution in [0.1, 0.15) is 62.8 Å². The molecule has 0 aliphatic heterocycles. The van der Waals surface area contributed by atoms with Crippen LogP contribution < -0.4 is 6.15 Å². The maximum absolute atomic E-state index is 6.63. The first-order valence-electron chi connectivity index (χ1n) is 10.5. The molecule has 2 aromatic rings. The van der Waals surface area contributed by atoms with Crippen molar-refractivity contribution in [2.75, 3.05) is 0 Å². The number of rotatable bonds is 10. The van der Waals surface area contributed by atoms with Crippen molar-refractivity contribution >= 4 is 19.2 Å². The normalized spacial score (nSPS) is 11.5. The summed E-state index contributed by atoms with van der Waals surface area (Å²) in [6, 6.07) is 12.9. The molecule has 2 nitrogen and oxygen atoms in total. The van der Waals surface area contributed by atoms with E-state index in [2.05, 4.69) is 74.0 Å². The topological polar surface area (TPSA) is 18.5 Å². The summed E-state index contributed by atoms with van der Waals surface area (Å²) in [7, 11) is 0. The van der Waals surface area contributed by atoms with Gasteiger partial charge in [-0.15, -0.1) is 0 Å². The van der Waals surface area contributed by atoms with Crippen LogP contribution >= 0.6 is 0 Å². The molecule has 148 valence electrons. The van der Waals surface area contributed by atoms with E-state index >= 15 is 0 Å². The Hall–Kier alpha value is -1.16. The quantitative estimate of drug-likeness (QED) is 0.349. The van der Waals surface area contributed by atoms with Gasteiger partial charge in [-0.05, 0) is 0 Å². The monoisotopic (exact) mass is 476 g/mol. The minimum atomic E-state index is -3.22. The molecule has 0 bridgehead atoms. The van der Waals surface area contributed by atoms with E-state index in [1.54, 1.807) is 0 Å². The Morgan fingerprint density at radius 3 is 1.41 bits per heavy atom. The molecular formula is C24H36O2Sn. The van der Waals surface area contributed by atoms with Crippen LogP contribution in [-0.4, -0.2) is 19.2 Å². The number of hydrogen-bond donors (Lipinski definition) is 0. The summed E-state index contributed by atoms with van der Waals surface area (Å²) in [5.74, 6) is 2.08. The zero-order valence-electron chi connectivity index (χ0n) is 18.0. The van der Waals surface area contributed by atoms with Gasteiger partial charge in [0.2, 0.25) is 0 Å². The van der Waals surface area contributed by atoms with E-state index in [1.165, 1.54) is 22.3 Å². The van der Waals surface area contributed by atoms with Crippen LogP contribution in [0.25, 0.3) is 0 Å². The van der Waals surface area contributed by atoms with Crippen LogP contribution in [0.4, 0.5) is 0 Å². The second-order valence-electron chi connectivity index (χ2n) is 7.60. The molecule has 0 unspecified atom stereocenters. The molecule has 2 aromatic carbocycles. The molecule has 0 aromatic heterocycles. The molecular weight excluding hydrogens is 439 g/mol. The minimum absolute atomic E-state index is 1.04. The molecule has 0 radical (unpaired) electrons. The van der Waals surface area contributed by atoms with Crippen molar-refractivity contribution in [1.82, 2.24) is 0 Å². The molecule has 0 atom stereocenters. The van der Waals surface area contributed by atoms with Crippen molar-refractivity contribution in [3.05, 3.63) is 58.7 Å². The molecule has 0 N–H and O–H groups in total. The average molecular weight is 475 g/mol. The Morgan fingerprint density at radius 1 is 0.667 bits per heavy atom. The third-order valence-corrected chi connectivity index (χ3v) is 8.99. The molecule has 0 aliphatic carbocycles. The first kappa shape index (κ1) is 22.1. The molecule has 0 aliphatic rings. The van der Waals surface area contributed by atoms with Crippen LogP contribution in [0.2, 0.25) is 9.88 Å². The molecule has 0 saturated heterocycles. The van der Waals surface area contributed by atoms with Gasteiger partial charge < -0.3 is 0 Å². The van der Waals surface area contributed by atoms with Gasteiger partial charge in [0.25, 0.3) is 0 Å². The van der Waals surface area contributed by atoms with E-state index in [1.807, 2.05) is 0 Å². The van der Waals surface area contributed by atoms with E-state index in [0.29, 0.717) is 0 Å². The first-order chi connectivity index (χ1) is 13.0. The van der Waals surface area contributed by atoms with Crippen molar-refractivity contribution in [2.45, 2.75) is 76.1 Å². The van der Waals surface area contributed by atoms with Gasteiger partial charge in [-0.1, -0.05) is 0 Å². The van der Waals surface area contributed by atoms with Gasteiger partial charge >= 0.3 is 172 Å². The molecule has 0 fully saturated rings. The van der Waals surface area contributed by atoms with Gasteiger partial charge in [0, 0.05) is 0 Å². The third-order valence-electron chi connectivity index (χ3n) is 4.93. The summed E-state index contributed by atoms with van der Waals surface area (Å²) in [5.41, 5.74) is 5.53. The standard InChI is InChI=1S/2C11H16O.2CH3.Sn/c2*1-3-6-10-9(4-2)7-5-8-11(10)12;;;/h2*5,7-8,12H,3-4,6H2,1-2H3;2*1H3;/q;;;;+2/p-2. The fourth-order valence-electron chi connectivity index (χ4n) is 3.69. The van der Waals surface area contributed by atoms with Crippen molar-refractivity contribution in [3.8, 4) is 11.5 Å². The summed E-state index contributed by atoms with van der Waals surface area (Å²) in [6.07, 6.45) is 6.47. The van der Waals surface area contributed by atoms with Gasteiger partial charge in [0.05, 0.1) is 0 Å². The Morgan fingerprint density at radius 2 is 1.07 bits per heavy atom. The van der Waals surface area contributed by atoms with Crippen molar-refractivity contribution < 1.29 is 6.15 Å². The van der Waals surface area contributed by atoms with E-state index in [9.17, 15) is 0 Å².